The van der Waals surface area contributed by atoms with Crippen molar-refractivity contribution in [3.05, 3.63) is 29.8 Å². The van der Waals surface area contributed by atoms with Gasteiger partial charge in [0.05, 0.1) is 12.8 Å². The summed E-state index contributed by atoms with van der Waals surface area (Å²) in [5.74, 6) is 0. The van der Waals surface area contributed by atoms with Crippen molar-refractivity contribution in [2.24, 2.45) is 5.10 Å². The van der Waals surface area contributed by atoms with Crippen LogP contribution in [-0.2, 0) is 4.74 Å². The van der Waals surface area contributed by atoms with Crippen molar-refractivity contribution in [1.82, 2.24) is 10.7 Å². The first-order chi connectivity index (χ1) is 9.15. The van der Waals surface area contributed by atoms with Crippen molar-refractivity contribution in [1.29, 1.82) is 0 Å². The first kappa shape index (κ1) is 15.9. The minimum absolute atomic E-state index is 0.154. The molecule has 0 bridgehead atoms. The van der Waals surface area contributed by atoms with Crippen LogP contribution in [0.25, 0.3) is 0 Å². The fourth-order valence-corrected chi connectivity index (χ4v) is 2.07. The van der Waals surface area contributed by atoms with E-state index in [4.69, 9.17) is 17.0 Å². The predicted molar refractivity (Wildman–Crippen MR) is 86.0 cm³/mol. The summed E-state index contributed by atoms with van der Waals surface area (Å²) in [7, 11) is 1.66. The number of hydrogen-bond acceptors (Lipinski definition) is 4. The van der Waals surface area contributed by atoms with Gasteiger partial charge in [-0.05, 0) is 43.1 Å². The Morgan fingerprint density at radius 2 is 2.16 bits per heavy atom. The summed E-state index contributed by atoms with van der Waals surface area (Å²) in [5, 5.41) is 7.63. The van der Waals surface area contributed by atoms with Crippen LogP contribution in [-0.4, -0.2) is 37.3 Å². The molecule has 0 heterocycles. The third-order valence-electron chi connectivity index (χ3n) is 2.29. The maximum atomic E-state index is 5.10. The van der Waals surface area contributed by atoms with Gasteiger partial charge in [-0.3, -0.25) is 5.43 Å². The Bertz CT molecular complexity index is 420. The van der Waals surface area contributed by atoms with Crippen LogP contribution in [0.1, 0.15) is 12.5 Å². The molecule has 0 aliphatic rings. The third kappa shape index (κ3) is 6.56. The molecular formula is C13H19N3OS2. The zero-order chi connectivity index (χ0) is 14.1. The van der Waals surface area contributed by atoms with Gasteiger partial charge in [0.2, 0.25) is 0 Å². The zero-order valence-corrected chi connectivity index (χ0v) is 13.0. The number of rotatable bonds is 6. The van der Waals surface area contributed by atoms with Crippen molar-refractivity contribution in [3.63, 3.8) is 0 Å². The van der Waals surface area contributed by atoms with E-state index in [2.05, 4.69) is 34.2 Å². The first-order valence-electron chi connectivity index (χ1n) is 5.88. The summed E-state index contributed by atoms with van der Waals surface area (Å²) in [6.45, 7) is 2.59. The lowest BCUT2D eigenvalue weighted by Gasteiger charge is -2.13. The molecule has 1 atom stereocenters. The molecule has 0 saturated heterocycles. The van der Waals surface area contributed by atoms with Gasteiger partial charge in [0.25, 0.3) is 0 Å². The fraction of sp³-hybridized carbons (Fsp3) is 0.385. The van der Waals surface area contributed by atoms with Crippen LogP contribution >= 0.6 is 24.0 Å². The Morgan fingerprint density at radius 1 is 1.47 bits per heavy atom. The summed E-state index contributed by atoms with van der Waals surface area (Å²) < 4.78 is 5.01. The minimum Gasteiger partial charge on any atom is -0.383 e. The van der Waals surface area contributed by atoms with E-state index in [9.17, 15) is 0 Å². The van der Waals surface area contributed by atoms with Crippen LogP contribution in [0.4, 0.5) is 0 Å². The number of benzene rings is 1. The lowest BCUT2D eigenvalue weighted by molar-refractivity contribution is 0.179. The molecule has 0 radical (unpaired) electrons. The molecule has 104 valence electrons. The predicted octanol–water partition coefficient (Wildman–Crippen LogP) is 2.24. The van der Waals surface area contributed by atoms with Crippen molar-refractivity contribution in [3.8, 4) is 0 Å². The number of nitrogens with zero attached hydrogens (tertiary/aromatic N) is 1. The van der Waals surface area contributed by atoms with E-state index in [1.54, 1.807) is 25.1 Å². The average Bonchev–Trinajstić information content (AvgIpc) is 2.39. The molecule has 0 amide bonds. The number of hydrogen-bond donors (Lipinski definition) is 2. The van der Waals surface area contributed by atoms with E-state index >= 15 is 0 Å². The maximum absolute atomic E-state index is 5.10. The Balaban J connectivity index is 2.38. The molecule has 1 aromatic rings. The highest BCUT2D eigenvalue weighted by Gasteiger charge is 2.01. The molecule has 2 N–H and O–H groups in total. The van der Waals surface area contributed by atoms with Gasteiger partial charge in [-0.1, -0.05) is 12.1 Å². The summed E-state index contributed by atoms with van der Waals surface area (Å²) in [6.07, 6.45) is 3.79. The highest BCUT2D eigenvalue weighted by molar-refractivity contribution is 7.98. The van der Waals surface area contributed by atoms with Crippen LogP contribution in [0.2, 0.25) is 0 Å². The largest absolute Gasteiger partial charge is 0.383 e. The fourth-order valence-electron chi connectivity index (χ4n) is 1.40. The Labute approximate surface area is 124 Å². The van der Waals surface area contributed by atoms with Crippen molar-refractivity contribution >= 4 is 35.3 Å². The van der Waals surface area contributed by atoms with Gasteiger partial charge in [-0.2, -0.15) is 5.10 Å². The topological polar surface area (TPSA) is 45.6 Å². The molecule has 0 aliphatic heterocycles. The smallest absolute Gasteiger partial charge is 0.187 e. The normalized spacial score (nSPS) is 12.4. The van der Waals surface area contributed by atoms with Crippen LogP contribution in [0, 0.1) is 0 Å². The summed E-state index contributed by atoms with van der Waals surface area (Å²) in [6, 6.07) is 8.30. The van der Waals surface area contributed by atoms with E-state index in [1.165, 1.54) is 4.90 Å². The Morgan fingerprint density at radius 3 is 2.74 bits per heavy atom. The second-order valence-corrected chi connectivity index (χ2v) is 5.26. The number of ether oxygens (including phenoxy) is 1. The molecule has 19 heavy (non-hydrogen) atoms. The molecule has 0 unspecified atom stereocenters. The molecule has 0 saturated carbocycles. The van der Waals surface area contributed by atoms with Crippen LogP contribution in [0.15, 0.2) is 34.3 Å². The highest BCUT2D eigenvalue weighted by atomic mass is 32.2. The average molecular weight is 297 g/mol. The molecule has 0 spiro atoms. The summed E-state index contributed by atoms with van der Waals surface area (Å²) >= 11 is 6.82. The van der Waals surface area contributed by atoms with Gasteiger partial charge in [-0.15, -0.1) is 11.8 Å². The molecular weight excluding hydrogens is 278 g/mol. The monoisotopic (exact) mass is 297 g/mol. The number of thiocarbonyl (C=S) groups is 1. The number of hydrazone groups is 1. The lowest BCUT2D eigenvalue weighted by atomic mass is 10.2. The second kappa shape index (κ2) is 8.90. The van der Waals surface area contributed by atoms with Crippen molar-refractivity contribution < 1.29 is 4.74 Å². The lowest BCUT2D eigenvalue weighted by Crippen LogP contribution is -2.40. The molecule has 4 nitrogen and oxygen atoms in total. The second-order valence-electron chi connectivity index (χ2n) is 3.97. The van der Waals surface area contributed by atoms with Gasteiger partial charge >= 0.3 is 0 Å². The quantitative estimate of drug-likeness (QED) is 0.365. The van der Waals surface area contributed by atoms with E-state index < -0.39 is 0 Å². The first-order valence-corrected chi connectivity index (χ1v) is 7.51. The van der Waals surface area contributed by atoms with E-state index in [0.29, 0.717) is 11.7 Å². The van der Waals surface area contributed by atoms with E-state index in [0.717, 1.165) is 5.56 Å². The van der Waals surface area contributed by atoms with Crippen LogP contribution < -0.4 is 10.7 Å². The van der Waals surface area contributed by atoms with Crippen molar-refractivity contribution in [2.45, 2.75) is 17.9 Å². The molecule has 1 aromatic carbocycles. The minimum atomic E-state index is 0.154. The van der Waals surface area contributed by atoms with E-state index in [-0.39, 0.29) is 6.04 Å². The number of methoxy groups -OCH3 is 1. The number of nitrogens with one attached hydrogen (secondary N) is 2. The third-order valence-corrected chi connectivity index (χ3v) is 3.24. The summed E-state index contributed by atoms with van der Waals surface area (Å²) in [5.41, 5.74) is 3.80. The van der Waals surface area contributed by atoms with Crippen LogP contribution in [0.5, 0.6) is 0 Å². The molecule has 6 heteroatoms. The highest BCUT2D eigenvalue weighted by Crippen LogP contribution is 2.13. The Kier molecular flexibility index (Phi) is 7.47. The Hall–Kier alpha value is -1.11. The maximum Gasteiger partial charge on any atom is 0.187 e. The van der Waals surface area contributed by atoms with Gasteiger partial charge in [0, 0.05) is 18.0 Å². The van der Waals surface area contributed by atoms with Crippen molar-refractivity contribution in [2.75, 3.05) is 20.0 Å². The molecule has 1 rings (SSSR count). The van der Waals surface area contributed by atoms with Gasteiger partial charge in [0.15, 0.2) is 5.11 Å². The SMILES string of the molecule is COC[C@@H](C)NC(=S)N/N=C\c1ccc(SC)cc1. The molecule has 0 aromatic heterocycles. The van der Waals surface area contributed by atoms with Gasteiger partial charge in [0.1, 0.15) is 0 Å². The van der Waals surface area contributed by atoms with Gasteiger partial charge < -0.3 is 10.1 Å². The molecule has 0 aliphatic carbocycles. The van der Waals surface area contributed by atoms with E-state index in [1.807, 2.05) is 19.1 Å². The zero-order valence-electron chi connectivity index (χ0n) is 11.3. The molecule has 0 fully saturated rings. The van der Waals surface area contributed by atoms with Gasteiger partial charge in [-0.25, -0.2) is 0 Å². The van der Waals surface area contributed by atoms with Crippen LogP contribution in [0.3, 0.4) is 0 Å². The standard InChI is InChI=1S/C13H19N3OS2/c1-10(9-17-2)15-13(18)16-14-8-11-4-6-12(19-3)7-5-11/h4-8,10H,9H2,1-3H3,(H2,15,16,18)/b14-8-/t10-/m1/s1. The summed E-state index contributed by atoms with van der Waals surface area (Å²) in [4.78, 5) is 1.23. The number of thioether (sulfide) groups is 1.